The van der Waals surface area contributed by atoms with Crippen LogP contribution in [0.2, 0.25) is 0 Å². The number of para-hydroxylation sites is 2. The minimum absolute atomic E-state index is 0.166. The second-order valence-corrected chi connectivity index (χ2v) is 6.67. The normalized spacial score (nSPS) is 16.5. The second kappa shape index (κ2) is 7.30. The summed E-state index contributed by atoms with van der Waals surface area (Å²) in [5.74, 6) is 0.667. The molecule has 1 fully saturated rings. The number of H-pyrrole nitrogens is 1. The van der Waals surface area contributed by atoms with Gasteiger partial charge in [0.15, 0.2) is 5.75 Å². The van der Waals surface area contributed by atoms with Crippen LogP contribution in [-0.2, 0) is 0 Å². The number of ether oxygens (including phenoxy) is 1. The summed E-state index contributed by atoms with van der Waals surface area (Å²) >= 11 is 0. The lowest BCUT2D eigenvalue weighted by atomic mass is 10.1. The third-order valence-electron chi connectivity index (χ3n) is 4.94. The van der Waals surface area contributed by atoms with Crippen molar-refractivity contribution in [3.05, 3.63) is 64.0 Å². The zero-order chi connectivity index (χ0) is 19.7. The Morgan fingerprint density at radius 1 is 1.36 bits per heavy atom. The molecule has 1 saturated heterocycles. The maximum absolute atomic E-state index is 13.1. The van der Waals surface area contributed by atoms with Crippen molar-refractivity contribution in [1.29, 1.82) is 0 Å². The van der Waals surface area contributed by atoms with Crippen LogP contribution in [0, 0.1) is 10.1 Å². The van der Waals surface area contributed by atoms with Crippen LogP contribution in [0.25, 0.3) is 11.0 Å². The molecule has 8 nitrogen and oxygen atoms in total. The molecule has 1 atom stereocenters. The van der Waals surface area contributed by atoms with E-state index >= 15 is 0 Å². The van der Waals surface area contributed by atoms with Gasteiger partial charge >= 0.3 is 5.69 Å². The third kappa shape index (κ3) is 3.17. The summed E-state index contributed by atoms with van der Waals surface area (Å²) in [5.41, 5.74) is 1.85. The van der Waals surface area contributed by atoms with E-state index < -0.39 is 4.92 Å². The molecule has 144 valence electrons. The molecule has 1 amide bonds. The van der Waals surface area contributed by atoms with Crippen LogP contribution in [0.4, 0.5) is 5.69 Å². The number of aromatic amines is 1. The van der Waals surface area contributed by atoms with E-state index in [2.05, 4.69) is 9.97 Å². The van der Waals surface area contributed by atoms with Crippen LogP contribution in [0.3, 0.4) is 0 Å². The summed E-state index contributed by atoms with van der Waals surface area (Å²) < 4.78 is 5.30. The number of nitro groups is 1. The molecule has 2 heterocycles. The molecular weight excluding hydrogens is 360 g/mol. The first kappa shape index (κ1) is 18.0. The summed E-state index contributed by atoms with van der Waals surface area (Å²) in [4.78, 5) is 33.6. The van der Waals surface area contributed by atoms with E-state index in [1.54, 1.807) is 17.9 Å². The number of nitrogens with zero attached hydrogens (tertiary/aromatic N) is 3. The molecule has 1 aromatic heterocycles. The molecule has 1 aliphatic rings. The maximum atomic E-state index is 13.1. The molecule has 4 rings (SSSR count). The van der Waals surface area contributed by atoms with E-state index in [4.69, 9.17) is 4.74 Å². The van der Waals surface area contributed by atoms with E-state index in [9.17, 15) is 14.9 Å². The molecule has 1 aliphatic heterocycles. The Labute approximate surface area is 161 Å². The first-order chi connectivity index (χ1) is 13.6. The van der Waals surface area contributed by atoms with E-state index in [0.29, 0.717) is 13.2 Å². The highest BCUT2D eigenvalue weighted by atomic mass is 16.6. The van der Waals surface area contributed by atoms with E-state index in [1.807, 2.05) is 24.3 Å². The fourth-order valence-corrected chi connectivity index (χ4v) is 3.66. The van der Waals surface area contributed by atoms with Crippen molar-refractivity contribution in [1.82, 2.24) is 14.9 Å². The number of carbonyl (C=O) groups excluding carboxylic acids is 1. The molecule has 1 unspecified atom stereocenters. The summed E-state index contributed by atoms with van der Waals surface area (Å²) in [6, 6.07) is 11.9. The first-order valence-electron chi connectivity index (χ1n) is 9.25. The lowest BCUT2D eigenvalue weighted by molar-refractivity contribution is -0.385. The van der Waals surface area contributed by atoms with Crippen molar-refractivity contribution in [2.45, 2.75) is 25.8 Å². The van der Waals surface area contributed by atoms with E-state index in [0.717, 1.165) is 29.7 Å². The van der Waals surface area contributed by atoms with E-state index in [1.165, 1.54) is 12.1 Å². The Hall–Kier alpha value is -3.42. The number of benzene rings is 2. The van der Waals surface area contributed by atoms with Crippen LogP contribution >= 0.6 is 0 Å². The van der Waals surface area contributed by atoms with Gasteiger partial charge in [0.1, 0.15) is 5.82 Å². The quantitative estimate of drug-likeness (QED) is 0.535. The molecule has 2 aromatic carbocycles. The topological polar surface area (TPSA) is 101 Å². The number of nitro benzene ring substituents is 1. The number of carbonyl (C=O) groups is 1. The van der Waals surface area contributed by atoms with Crippen molar-refractivity contribution in [2.75, 3.05) is 13.2 Å². The smallest absolute Gasteiger partial charge is 0.311 e. The van der Waals surface area contributed by atoms with Gasteiger partial charge in [0, 0.05) is 18.2 Å². The zero-order valence-electron chi connectivity index (χ0n) is 15.4. The van der Waals surface area contributed by atoms with Crippen LogP contribution in [0.5, 0.6) is 5.75 Å². The number of likely N-dealkylation sites (tertiary alicyclic amines) is 1. The van der Waals surface area contributed by atoms with Gasteiger partial charge in [-0.3, -0.25) is 14.9 Å². The monoisotopic (exact) mass is 380 g/mol. The fraction of sp³-hybridized carbons (Fsp3) is 0.300. The molecular formula is C20H20N4O4. The van der Waals surface area contributed by atoms with Crippen LogP contribution in [-0.4, -0.2) is 38.8 Å². The predicted molar refractivity (Wildman–Crippen MR) is 103 cm³/mol. The SMILES string of the molecule is CCOc1ccc(C(=O)N2CCCC2c2nc3ccccc3[nH]2)cc1[N+](=O)[O-]. The summed E-state index contributed by atoms with van der Waals surface area (Å²) in [7, 11) is 0. The Bertz CT molecular complexity index is 1010. The van der Waals surface area contributed by atoms with Gasteiger partial charge in [-0.05, 0) is 44.0 Å². The first-order valence-corrected chi connectivity index (χ1v) is 9.25. The lowest BCUT2D eigenvalue weighted by Crippen LogP contribution is -2.31. The summed E-state index contributed by atoms with van der Waals surface area (Å²) in [6.07, 6.45) is 1.65. The summed E-state index contributed by atoms with van der Waals surface area (Å²) in [6.45, 7) is 2.65. The summed E-state index contributed by atoms with van der Waals surface area (Å²) in [5, 5.41) is 11.4. The van der Waals surface area contributed by atoms with Crippen LogP contribution in [0.15, 0.2) is 42.5 Å². The molecule has 3 aromatic rings. The minimum Gasteiger partial charge on any atom is -0.487 e. The van der Waals surface area contributed by atoms with Gasteiger partial charge in [0.2, 0.25) is 0 Å². The van der Waals surface area contributed by atoms with Gasteiger partial charge in [0.25, 0.3) is 5.91 Å². The second-order valence-electron chi connectivity index (χ2n) is 6.67. The standard InChI is InChI=1S/C20H20N4O4/c1-2-28-18-10-9-13(12-17(18)24(26)27)20(25)23-11-5-8-16(23)19-21-14-6-3-4-7-15(14)22-19/h3-4,6-7,9-10,12,16H,2,5,8,11H2,1H3,(H,21,22). The molecule has 28 heavy (non-hydrogen) atoms. The largest absolute Gasteiger partial charge is 0.487 e. The number of fused-ring (bicyclic) bond motifs is 1. The van der Waals surface area contributed by atoms with E-state index in [-0.39, 0.29) is 28.9 Å². The number of hydrogen-bond donors (Lipinski definition) is 1. The Kier molecular flexibility index (Phi) is 4.68. The highest BCUT2D eigenvalue weighted by Gasteiger charge is 2.33. The lowest BCUT2D eigenvalue weighted by Gasteiger charge is -2.23. The van der Waals surface area contributed by atoms with Crippen molar-refractivity contribution in [3.8, 4) is 5.75 Å². The molecule has 1 N–H and O–H groups in total. The Balaban J connectivity index is 1.65. The van der Waals surface area contributed by atoms with Crippen molar-refractivity contribution in [3.63, 3.8) is 0 Å². The molecule has 8 heteroatoms. The zero-order valence-corrected chi connectivity index (χ0v) is 15.4. The number of nitrogens with one attached hydrogen (secondary N) is 1. The molecule has 0 spiro atoms. The van der Waals surface area contributed by atoms with Gasteiger partial charge in [0.05, 0.1) is 28.6 Å². The highest BCUT2D eigenvalue weighted by Crippen LogP contribution is 2.34. The number of hydrogen-bond acceptors (Lipinski definition) is 5. The number of rotatable bonds is 5. The van der Waals surface area contributed by atoms with Gasteiger partial charge in [-0.2, -0.15) is 0 Å². The van der Waals surface area contributed by atoms with Crippen molar-refractivity contribution < 1.29 is 14.5 Å². The van der Waals surface area contributed by atoms with Crippen molar-refractivity contribution in [2.24, 2.45) is 0 Å². The Morgan fingerprint density at radius 2 is 2.18 bits per heavy atom. The van der Waals surface area contributed by atoms with Gasteiger partial charge in [-0.25, -0.2) is 4.98 Å². The van der Waals surface area contributed by atoms with Gasteiger partial charge < -0.3 is 14.6 Å². The average molecular weight is 380 g/mol. The number of amides is 1. The average Bonchev–Trinajstić information content (AvgIpc) is 3.34. The minimum atomic E-state index is -0.525. The third-order valence-corrected chi connectivity index (χ3v) is 4.94. The number of aromatic nitrogens is 2. The molecule has 0 radical (unpaired) electrons. The van der Waals surface area contributed by atoms with Gasteiger partial charge in [-0.1, -0.05) is 12.1 Å². The maximum Gasteiger partial charge on any atom is 0.311 e. The fourth-order valence-electron chi connectivity index (χ4n) is 3.66. The predicted octanol–water partition coefficient (Wildman–Crippen LogP) is 3.85. The van der Waals surface area contributed by atoms with Gasteiger partial charge in [-0.15, -0.1) is 0 Å². The Morgan fingerprint density at radius 3 is 2.93 bits per heavy atom. The molecule has 0 aliphatic carbocycles. The van der Waals surface area contributed by atoms with Crippen molar-refractivity contribution >= 4 is 22.6 Å². The molecule has 0 saturated carbocycles. The number of imidazole rings is 1. The molecule has 0 bridgehead atoms. The highest BCUT2D eigenvalue weighted by molar-refractivity contribution is 5.95. The van der Waals surface area contributed by atoms with Crippen LogP contribution < -0.4 is 4.74 Å². The van der Waals surface area contributed by atoms with Crippen LogP contribution in [0.1, 0.15) is 42.0 Å².